The van der Waals surface area contributed by atoms with Gasteiger partial charge in [0.25, 0.3) is 0 Å². The summed E-state index contributed by atoms with van der Waals surface area (Å²) in [7, 11) is 15.1. The van der Waals surface area contributed by atoms with Gasteiger partial charge in [-0.1, -0.05) is 11.4 Å². The average Bonchev–Trinajstić information content (AvgIpc) is 3.57. The summed E-state index contributed by atoms with van der Waals surface area (Å²) in [6.07, 6.45) is 0.248. The van der Waals surface area contributed by atoms with Gasteiger partial charge in [0.05, 0.1) is 38.7 Å². The minimum absolute atomic E-state index is 0.119. The molecule has 1 aromatic carbocycles. The number of aromatic nitrogens is 4. The maximum absolute atomic E-state index is 14.1. The second-order valence-corrected chi connectivity index (χ2v) is 11.1. The molecule has 3 atom stereocenters. The molecule has 4 heterocycles. The first-order valence-corrected chi connectivity index (χ1v) is 13.1. The van der Waals surface area contributed by atoms with E-state index >= 15 is 0 Å². The molecule has 1 unspecified atom stereocenters. The van der Waals surface area contributed by atoms with Crippen LogP contribution in [0.25, 0.3) is 22.3 Å². The molecule has 7 nitrogen and oxygen atoms in total. The molecule has 3 aromatic rings. The molecule has 2 aliphatic heterocycles. The van der Waals surface area contributed by atoms with Gasteiger partial charge in [-0.05, 0) is 61.6 Å². The van der Waals surface area contributed by atoms with E-state index in [0.717, 1.165) is 50.4 Å². The summed E-state index contributed by atoms with van der Waals surface area (Å²) in [5.41, 5.74) is 1.45. The highest BCUT2D eigenvalue weighted by Crippen LogP contribution is 2.44. The van der Waals surface area contributed by atoms with Gasteiger partial charge in [-0.3, -0.25) is 0 Å². The zero-order chi connectivity index (χ0) is 26.7. The Morgan fingerprint density at radius 3 is 2.42 bits per heavy atom. The van der Waals surface area contributed by atoms with Crippen molar-refractivity contribution in [2.75, 3.05) is 31.6 Å². The van der Waals surface area contributed by atoms with Crippen LogP contribution in [0, 0.1) is 17.8 Å². The molecule has 4 radical (unpaired) electrons. The van der Waals surface area contributed by atoms with Crippen LogP contribution in [-0.4, -0.2) is 78.0 Å². The molecule has 12 heteroatoms. The molecule has 6 rings (SSSR count). The molecule has 0 spiro atoms. The molecule has 3 aliphatic rings. The number of imidazole rings is 1. The lowest BCUT2D eigenvalue weighted by Crippen LogP contribution is -2.56. The summed E-state index contributed by atoms with van der Waals surface area (Å²) in [4.78, 5) is 6.46. The van der Waals surface area contributed by atoms with Crippen LogP contribution in [0.15, 0.2) is 30.6 Å². The van der Waals surface area contributed by atoms with E-state index < -0.39 is 17.1 Å². The van der Waals surface area contributed by atoms with E-state index in [1.165, 1.54) is 0 Å². The molecule has 2 saturated heterocycles. The number of nitrogens with one attached hydrogen (secondary N) is 1. The van der Waals surface area contributed by atoms with Crippen LogP contribution in [0.4, 0.5) is 19.0 Å². The Balaban J connectivity index is 1.16. The van der Waals surface area contributed by atoms with Crippen LogP contribution in [0.2, 0.25) is 0 Å². The fraction of sp³-hybridized carbons (Fsp3) is 0.577. The maximum atomic E-state index is 14.1. The number of hydrogen-bond donors (Lipinski definition) is 1. The molecule has 1 N–H and O–H groups in total. The molecule has 38 heavy (non-hydrogen) atoms. The highest BCUT2D eigenvalue weighted by atomic mass is 19.4. The van der Waals surface area contributed by atoms with Crippen molar-refractivity contribution >= 4 is 32.5 Å². The molecule has 2 aromatic heterocycles. The zero-order valence-electron chi connectivity index (χ0n) is 21.3. The van der Waals surface area contributed by atoms with E-state index in [1.54, 1.807) is 18.5 Å². The number of halogens is 3. The summed E-state index contributed by atoms with van der Waals surface area (Å²) in [5, 5.41) is 10.3. The normalized spacial score (nSPS) is 25.2. The fourth-order valence-corrected chi connectivity index (χ4v) is 6.50. The predicted octanol–water partition coefficient (Wildman–Crippen LogP) is 3.59. The smallest absolute Gasteiger partial charge is 0.381 e. The molecular formula is C26H29B2F3N6O. The SMILES string of the molecule is [B]C([B])(C1CCOCC1)N1C[C@H]2CC(Nc3nnc(-c4ccc5c(c4)ncn5C)cc3C(F)(F)F)C[C@H]2C1. The largest absolute Gasteiger partial charge is 0.420 e. The van der Waals surface area contributed by atoms with E-state index in [4.69, 9.17) is 20.4 Å². The monoisotopic (exact) mass is 520 g/mol. The highest BCUT2D eigenvalue weighted by Gasteiger charge is 2.47. The number of anilines is 1. The molecule has 3 fully saturated rings. The van der Waals surface area contributed by atoms with Gasteiger partial charge in [0.1, 0.15) is 5.56 Å². The summed E-state index contributed by atoms with van der Waals surface area (Å²) in [5.74, 6) is 0.595. The van der Waals surface area contributed by atoms with Crippen LogP contribution < -0.4 is 5.32 Å². The van der Waals surface area contributed by atoms with Crippen molar-refractivity contribution in [1.82, 2.24) is 24.6 Å². The Morgan fingerprint density at radius 2 is 1.74 bits per heavy atom. The summed E-state index contributed by atoms with van der Waals surface area (Å²) < 4.78 is 49.6. The Hall–Kier alpha value is -2.59. The number of ether oxygens (including phenoxy) is 1. The van der Waals surface area contributed by atoms with Gasteiger partial charge in [0, 0.05) is 45.0 Å². The molecule has 1 aliphatic carbocycles. The first kappa shape index (κ1) is 25.7. The molecule has 0 amide bonds. The van der Waals surface area contributed by atoms with Gasteiger partial charge in [0.2, 0.25) is 0 Å². The van der Waals surface area contributed by atoms with Crippen LogP contribution in [0.1, 0.15) is 31.2 Å². The first-order valence-electron chi connectivity index (χ1n) is 13.1. The van der Waals surface area contributed by atoms with Gasteiger partial charge >= 0.3 is 6.18 Å². The lowest BCUT2D eigenvalue weighted by atomic mass is 9.52. The Labute approximate surface area is 222 Å². The number of fused-ring (bicyclic) bond motifs is 2. The Bertz CT molecular complexity index is 1310. The van der Waals surface area contributed by atoms with Crippen molar-refractivity contribution in [2.24, 2.45) is 24.8 Å². The molecule has 1 saturated carbocycles. The summed E-state index contributed by atoms with van der Waals surface area (Å²) in [6.45, 7) is 2.85. The average molecular weight is 520 g/mol. The minimum atomic E-state index is -4.57. The van der Waals surface area contributed by atoms with Crippen molar-refractivity contribution < 1.29 is 17.9 Å². The van der Waals surface area contributed by atoms with Crippen LogP contribution in [0.3, 0.4) is 0 Å². The van der Waals surface area contributed by atoms with Crippen LogP contribution in [0.5, 0.6) is 0 Å². The number of nitrogens with zero attached hydrogens (tertiary/aromatic N) is 5. The van der Waals surface area contributed by atoms with Crippen molar-refractivity contribution in [1.29, 1.82) is 0 Å². The summed E-state index contributed by atoms with van der Waals surface area (Å²) >= 11 is 0. The van der Waals surface area contributed by atoms with E-state index in [0.29, 0.717) is 36.1 Å². The van der Waals surface area contributed by atoms with Crippen molar-refractivity contribution in [3.05, 3.63) is 36.2 Å². The van der Waals surface area contributed by atoms with Gasteiger partial charge in [-0.2, -0.15) is 13.2 Å². The number of likely N-dealkylation sites (tertiary alicyclic amines) is 1. The third-order valence-electron chi connectivity index (χ3n) is 8.64. The second kappa shape index (κ2) is 9.55. The molecule has 0 bridgehead atoms. The number of aryl methyl sites for hydroxylation is 1. The third kappa shape index (κ3) is 4.70. The van der Waals surface area contributed by atoms with Crippen LogP contribution in [-0.2, 0) is 18.0 Å². The van der Waals surface area contributed by atoms with Gasteiger partial charge in [-0.15, -0.1) is 10.2 Å². The summed E-state index contributed by atoms with van der Waals surface area (Å²) in [6, 6.07) is 6.24. The predicted molar refractivity (Wildman–Crippen MR) is 140 cm³/mol. The minimum Gasteiger partial charge on any atom is -0.381 e. The zero-order valence-corrected chi connectivity index (χ0v) is 21.3. The Kier molecular flexibility index (Phi) is 6.45. The van der Waals surface area contributed by atoms with Crippen LogP contribution >= 0.6 is 0 Å². The van der Waals surface area contributed by atoms with E-state index in [-0.39, 0.29) is 23.5 Å². The third-order valence-corrected chi connectivity index (χ3v) is 8.64. The Morgan fingerprint density at radius 1 is 1.03 bits per heavy atom. The molecular weight excluding hydrogens is 491 g/mol. The first-order chi connectivity index (χ1) is 18.1. The topological polar surface area (TPSA) is 68.1 Å². The standard InChI is InChI=1S/C26H29B2F3N6O/c1-36-14-32-22-10-15(2-3-23(22)36)21-11-20(26(29,30)31)24(35-34-21)33-19-8-16-12-37(13-17(16)9-19)25(27,28)18-4-6-38-7-5-18/h2-3,10-11,14,16-19H,4-9,12-13H2,1H3,(H,33,35)/t16-,17+,19?. The highest BCUT2D eigenvalue weighted by molar-refractivity contribution is 6.40. The number of rotatable bonds is 5. The maximum Gasteiger partial charge on any atom is 0.420 e. The van der Waals surface area contributed by atoms with E-state index in [2.05, 4.69) is 25.4 Å². The van der Waals surface area contributed by atoms with E-state index in [1.807, 2.05) is 17.7 Å². The van der Waals surface area contributed by atoms with Gasteiger partial charge in [-0.25, -0.2) is 4.98 Å². The second-order valence-electron chi connectivity index (χ2n) is 11.1. The number of hydrogen-bond acceptors (Lipinski definition) is 6. The van der Waals surface area contributed by atoms with Crippen molar-refractivity contribution in [3.63, 3.8) is 0 Å². The quantitative estimate of drug-likeness (QED) is 0.519. The van der Waals surface area contributed by atoms with Gasteiger partial charge in [0.15, 0.2) is 5.82 Å². The number of alkyl halides is 3. The van der Waals surface area contributed by atoms with Gasteiger partial charge < -0.3 is 19.5 Å². The van der Waals surface area contributed by atoms with Crippen molar-refractivity contribution in [3.8, 4) is 11.3 Å². The van der Waals surface area contributed by atoms with E-state index in [9.17, 15) is 13.2 Å². The lowest BCUT2D eigenvalue weighted by Gasteiger charge is -2.45. The van der Waals surface area contributed by atoms with Crippen molar-refractivity contribution in [2.45, 2.75) is 43.2 Å². The number of benzene rings is 1. The fourth-order valence-electron chi connectivity index (χ4n) is 6.50. The molecule has 196 valence electrons. The lowest BCUT2D eigenvalue weighted by molar-refractivity contribution is -0.137.